The van der Waals surface area contributed by atoms with E-state index in [4.69, 9.17) is 4.74 Å². The van der Waals surface area contributed by atoms with Crippen molar-refractivity contribution in [3.05, 3.63) is 59.7 Å². The number of hydrogen-bond acceptors (Lipinski definition) is 2. The highest BCUT2D eigenvalue weighted by Crippen LogP contribution is 2.53. The highest BCUT2D eigenvalue weighted by atomic mass is 79.9. The van der Waals surface area contributed by atoms with Gasteiger partial charge in [-0.25, -0.2) is 0 Å². The average Bonchev–Trinajstić information content (AvgIpc) is 2.93. The largest absolute Gasteiger partial charge is 0.376 e. The predicted octanol–water partition coefficient (Wildman–Crippen LogP) is 4.62. The number of fused-ring (bicyclic) bond motifs is 4. The summed E-state index contributed by atoms with van der Waals surface area (Å²) in [7, 11) is 0. The van der Waals surface area contributed by atoms with Crippen molar-refractivity contribution in [2.75, 3.05) is 11.9 Å². The maximum absolute atomic E-state index is 6.05. The maximum Gasteiger partial charge on any atom is 0.0685 e. The number of ether oxygens (including phenoxy) is 1. The molecule has 2 aromatic rings. The number of halogens is 1. The van der Waals surface area contributed by atoms with Crippen LogP contribution in [-0.4, -0.2) is 18.0 Å². The van der Waals surface area contributed by atoms with Gasteiger partial charge in [0.05, 0.1) is 12.7 Å². The van der Waals surface area contributed by atoms with Gasteiger partial charge in [0, 0.05) is 20.5 Å². The van der Waals surface area contributed by atoms with E-state index in [1.54, 1.807) is 0 Å². The van der Waals surface area contributed by atoms with Gasteiger partial charge in [-0.3, -0.25) is 0 Å². The Kier molecular flexibility index (Phi) is 3.17. The van der Waals surface area contributed by atoms with E-state index < -0.39 is 0 Å². The summed E-state index contributed by atoms with van der Waals surface area (Å²) in [5.74, 6) is 0. The van der Waals surface area contributed by atoms with Crippen molar-refractivity contribution in [1.82, 2.24) is 0 Å². The Balaban J connectivity index is 1.93. The summed E-state index contributed by atoms with van der Waals surface area (Å²) in [5.41, 5.74) is 2.91. The maximum atomic E-state index is 6.05. The highest BCUT2D eigenvalue weighted by molar-refractivity contribution is 9.09. The van der Waals surface area contributed by atoms with Gasteiger partial charge in [0.2, 0.25) is 0 Å². The fourth-order valence-corrected chi connectivity index (χ4v) is 5.10. The fraction of sp³-hybridized carbons (Fsp3) is 0.294. The van der Waals surface area contributed by atoms with E-state index in [1.165, 1.54) is 20.9 Å². The van der Waals surface area contributed by atoms with E-state index in [0.29, 0.717) is 6.10 Å². The van der Waals surface area contributed by atoms with Crippen LogP contribution in [0.15, 0.2) is 58.3 Å². The first kappa shape index (κ1) is 12.9. The lowest BCUT2D eigenvalue weighted by Crippen LogP contribution is -2.32. The van der Waals surface area contributed by atoms with Crippen molar-refractivity contribution in [2.45, 2.75) is 27.7 Å². The van der Waals surface area contributed by atoms with E-state index >= 15 is 0 Å². The van der Waals surface area contributed by atoms with Gasteiger partial charge in [-0.1, -0.05) is 64.1 Å². The molecule has 1 fully saturated rings. The molecule has 2 aliphatic heterocycles. The van der Waals surface area contributed by atoms with Gasteiger partial charge in [-0.15, -0.1) is 0 Å². The highest BCUT2D eigenvalue weighted by Gasteiger charge is 2.47. The van der Waals surface area contributed by atoms with Gasteiger partial charge in [-0.2, -0.15) is 0 Å². The molecule has 2 aromatic carbocycles. The summed E-state index contributed by atoms with van der Waals surface area (Å²) >= 11 is 5.46. The van der Waals surface area contributed by atoms with E-state index in [0.717, 1.165) is 18.4 Å². The first-order valence-electron chi connectivity index (χ1n) is 6.88. The van der Waals surface area contributed by atoms with Gasteiger partial charge in [0.15, 0.2) is 0 Å². The Morgan fingerprint density at radius 1 is 1.05 bits per heavy atom. The monoisotopic (exact) mass is 346 g/mol. The molecular formula is C17H15BrOS. The van der Waals surface area contributed by atoms with E-state index in [1.807, 2.05) is 11.8 Å². The molecule has 2 aliphatic rings. The summed E-state index contributed by atoms with van der Waals surface area (Å²) in [6.45, 7) is 0.790. The summed E-state index contributed by atoms with van der Waals surface area (Å²) in [5, 5.41) is 0.909. The smallest absolute Gasteiger partial charge is 0.0685 e. The van der Waals surface area contributed by atoms with E-state index in [9.17, 15) is 0 Å². The van der Waals surface area contributed by atoms with Crippen LogP contribution >= 0.6 is 27.7 Å². The molecule has 1 saturated heterocycles. The molecular weight excluding hydrogens is 332 g/mol. The van der Waals surface area contributed by atoms with Gasteiger partial charge in [0.25, 0.3) is 0 Å². The molecule has 4 rings (SSSR count). The van der Waals surface area contributed by atoms with Crippen molar-refractivity contribution >= 4 is 27.7 Å². The summed E-state index contributed by atoms with van der Waals surface area (Å²) in [6, 6.07) is 17.6. The molecule has 0 aliphatic carbocycles. The lowest BCUT2D eigenvalue weighted by Gasteiger charge is -2.36. The summed E-state index contributed by atoms with van der Waals surface area (Å²) in [6.07, 6.45) is 1.37. The quantitative estimate of drug-likeness (QED) is 0.696. The van der Waals surface area contributed by atoms with Gasteiger partial charge in [0.1, 0.15) is 0 Å². The van der Waals surface area contributed by atoms with Crippen LogP contribution in [-0.2, 0) is 10.2 Å². The van der Waals surface area contributed by atoms with E-state index in [2.05, 4.69) is 64.5 Å². The van der Waals surface area contributed by atoms with Crippen LogP contribution in [0.4, 0.5) is 0 Å². The fourth-order valence-electron chi connectivity index (χ4n) is 3.41. The zero-order chi connectivity index (χ0) is 13.6. The number of rotatable bonds is 1. The molecule has 0 aromatic heterocycles. The Labute approximate surface area is 131 Å². The van der Waals surface area contributed by atoms with Crippen LogP contribution in [0.2, 0.25) is 0 Å². The minimum atomic E-state index is 0.0386. The van der Waals surface area contributed by atoms with Crippen LogP contribution in [0, 0.1) is 0 Å². The van der Waals surface area contributed by atoms with Crippen LogP contribution in [0.5, 0.6) is 0 Å². The topological polar surface area (TPSA) is 9.23 Å². The molecule has 1 spiro atoms. The molecule has 3 heteroatoms. The second-order valence-electron chi connectivity index (χ2n) is 5.47. The molecule has 0 bridgehead atoms. The van der Waals surface area contributed by atoms with Crippen molar-refractivity contribution < 1.29 is 4.74 Å². The standard InChI is InChI=1S/C17H15BrOS/c18-10-12-9-17(11-19-12)13-5-1-3-7-15(13)20-16-8-4-2-6-14(16)17/h1-8,12H,9-11H2/t12-/m0/s1. The lowest BCUT2D eigenvalue weighted by molar-refractivity contribution is 0.123. The Morgan fingerprint density at radius 3 is 2.20 bits per heavy atom. The van der Waals surface area contributed by atoms with Crippen molar-refractivity contribution in [2.24, 2.45) is 0 Å². The second kappa shape index (κ2) is 4.90. The SMILES string of the molecule is BrC[C@@H]1CC2(CO1)c1ccccc1Sc1ccccc12. The average molecular weight is 347 g/mol. The predicted molar refractivity (Wildman–Crippen MR) is 85.9 cm³/mol. The summed E-state index contributed by atoms with van der Waals surface area (Å²) < 4.78 is 6.05. The number of hydrogen-bond donors (Lipinski definition) is 0. The number of alkyl halides is 1. The molecule has 102 valence electrons. The Morgan fingerprint density at radius 2 is 1.65 bits per heavy atom. The first-order valence-corrected chi connectivity index (χ1v) is 8.82. The van der Waals surface area contributed by atoms with Crippen molar-refractivity contribution in [3.63, 3.8) is 0 Å². The number of benzene rings is 2. The van der Waals surface area contributed by atoms with E-state index in [-0.39, 0.29) is 5.41 Å². The minimum absolute atomic E-state index is 0.0386. The zero-order valence-corrected chi connectivity index (χ0v) is 13.4. The van der Waals surface area contributed by atoms with Gasteiger partial charge in [-0.05, 0) is 29.7 Å². The molecule has 0 radical (unpaired) electrons. The molecule has 0 N–H and O–H groups in total. The second-order valence-corrected chi connectivity index (χ2v) is 7.20. The van der Waals surface area contributed by atoms with Crippen LogP contribution in [0.1, 0.15) is 17.5 Å². The van der Waals surface area contributed by atoms with Gasteiger partial charge >= 0.3 is 0 Å². The molecule has 20 heavy (non-hydrogen) atoms. The van der Waals surface area contributed by atoms with Crippen LogP contribution < -0.4 is 0 Å². The normalized spacial score (nSPS) is 22.6. The summed E-state index contributed by atoms with van der Waals surface area (Å²) in [4.78, 5) is 2.76. The Bertz CT molecular complexity index is 609. The molecule has 1 atom stereocenters. The third-order valence-electron chi connectivity index (χ3n) is 4.34. The third kappa shape index (κ3) is 1.80. The molecule has 0 unspecified atom stereocenters. The van der Waals surface area contributed by atoms with Crippen LogP contribution in [0.25, 0.3) is 0 Å². The molecule has 0 amide bonds. The minimum Gasteiger partial charge on any atom is -0.376 e. The zero-order valence-electron chi connectivity index (χ0n) is 11.0. The third-order valence-corrected chi connectivity index (χ3v) is 6.21. The van der Waals surface area contributed by atoms with Gasteiger partial charge < -0.3 is 4.74 Å². The molecule has 2 heterocycles. The molecule has 1 nitrogen and oxygen atoms in total. The lowest BCUT2D eigenvalue weighted by atomic mass is 9.72. The van der Waals surface area contributed by atoms with Crippen LogP contribution in [0.3, 0.4) is 0 Å². The van der Waals surface area contributed by atoms with Crippen molar-refractivity contribution in [1.29, 1.82) is 0 Å². The first-order chi connectivity index (χ1) is 9.83. The Hall–Kier alpha value is -0.770. The van der Waals surface area contributed by atoms with Crippen molar-refractivity contribution in [3.8, 4) is 0 Å². The molecule has 0 saturated carbocycles.